The molecule has 0 aliphatic carbocycles. The molecule has 2 aliphatic heterocycles. The molecule has 2 unspecified atom stereocenters. The van der Waals surface area contributed by atoms with Crippen LogP contribution in [-0.4, -0.2) is 124 Å². The van der Waals surface area contributed by atoms with Crippen molar-refractivity contribution >= 4 is 32.6 Å². The molecule has 4 heterocycles. The van der Waals surface area contributed by atoms with E-state index in [1.807, 2.05) is 0 Å². The molecule has 22 heteroatoms. The van der Waals surface area contributed by atoms with Crippen LogP contribution < -0.4 is 5.73 Å². The summed E-state index contributed by atoms with van der Waals surface area (Å²) in [6, 6.07) is 0. The van der Waals surface area contributed by atoms with Crippen LogP contribution >= 0.6 is 15.6 Å². The van der Waals surface area contributed by atoms with Gasteiger partial charge in [-0.05, 0) is 19.3 Å². The summed E-state index contributed by atoms with van der Waals surface area (Å²) in [5, 5.41) is 49.8. The molecule has 2 aromatic rings. The Kier molecular flexibility index (Phi) is 11.0. The van der Waals surface area contributed by atoms with Crippen LogP contribution in [0.5, 0.6) is 0 Å². The van der Waals surface area contributed by atoms with E-state index < -0.39 is 78.0 Å². The first-order valence-corrected chi connectivity index (χ1v) is 15.7. The number of nitrogens with zero attached hydrogens (tertiary/aromatic N) is 4. The van der Waals surface area contributed by atoms with Crippen molar-refractivity contribution in [3.05, 3.63) is 12.7 Å². The van der Waals surface area contributed by atoms with Crippen molar-refractivity contribution in [2.24, 2.45) is 0 Å². The Morgan fingerprint density at radius 1 is 0.881 bits per heavy atom. The van der Waals surface area contributed by atoms with Crippen molar-refractivity contribution in [1.82, 2.24) is 19.5 Å². The van der Waals surface area contributed by atoms with Gasteiger partial charge in [-0.1, -0.05) is 0 Å². The molecule has 2 saturated heterocycles. The molecule has 0 amide bonds. The number of imidazole rings is 1. The molecule has 0 saturated carbocycles. The van der Waals surface area contributed by atoms with Crippen molar-refractivity contribution in [2.45, 2.75) is 68.4 Å². The van der Waals surface area contributed by atoms with Crippen LogP contribution in [0.4, 0.5) is 5.82 Å². The lowest BCUT2D eigenvalue weighted by Gasteiger charge is -2.20. The van der Waals surface area contributed by atoms with E-state index in [4.69, 9.17) is 29.6 Å². The summed E-state index contributed by atoms with van der Waals surface area (Å²) in [6.45, 7) is -1.55. The molecule has 0 radical (unpaired) electrons. The summed E-state index contributed by atoms with van der Waals surface area (Å²) in [4.78, 5) is 31.7. The van der Waals surface area contributed by atoms with E-state index in [-0.39, 0.29) is 30.2 Å². The summed E-state index contributed by atoms with van der Waals surface area (Å²) in [5.41, 5.74) is 6.12. The van der Waals surface area contributed by atoms with Crippen LogP contribution in [0.15, 0.2) is 12.7 Å². The average Bonchev–Trinajstić information content (AvgIpc) is 3.56. The summed E-state index contributed by atoms with van der Waals surface area (Å²) >= 11 is 0. The standard InChI is InChI=1S/C20H33N5O15P2/c21-17-12-18(23-8-22-17)25(9-24-12)19-15(29)13(27)10(38-19)6-36-41(31,32)40-42(33,34)37-7-11-14(28)16(30)20(39-11)35-5-3-1-2-4-26/h8-11,13-16,19-20,26-30H,1-7H2,(H,31,32)(H,33,34)(H2,21,22,23)/t10-,11-,13-,14-,15-,16-,19-,20-/m1/s1. The molecule has 4 rings (SSSR count). The third-order valence-electron chi connectivity index (χ3n) is 6.41. The van der Waals surface area contributed by atoms with E-state index in [9.17, 15) is 39.3 Å². The van der Waals surface area contributed by atoms with Gasteiger partial charge in [-0.25, -0.2) is 24.1 Å². The van der Waals surface area contributed by atoms with Gasteiger partial charge in [0.1, 0.15) is 48.5 Å². The maximum absolute atomic E-state index is 12.4. The highest BCUT2D eigenvalue weighted by Crippen LogP contribution is 2.60. The van der Waals surface area contributed by atoms with E-state index in [1.54, 1.807) is 0 Å². The zero-order valence-electron chi connectivity index (χ0n) is 21.9. The highest BCUT2D eigenvalue weighted by Gasteiger charge is 2.47. The number of phosphoric acid groups is 2. The minimum Gasteiger partial charge on any atom is -0.396 e. The first-order valence-electron chi connectivity index (χ1n) is 12.7. The fraction of sp³-hybridized carbons (Fsp3) is 0.750. The van der Waals surface area contributed by atoms with Gasteiger partial charge < -0.3 is 55.3 Å². The van der Waals surface area contributed by atoms with Gasteiger partial charge in [0.05, 0.1) is 19.5 Å². The van der Waals surface area contributed by atoms with E-state index in [0.717, 1.165) is 6.33 Å². The van der Waals surface area contributed by atoms with E-state index in [0.29, 0.717) is 19.3 Å². The van der Waals surface area contributed by atoms with E-state index in [2.05, 4.69) is 23.8 Å². The van der Waals surface area contributed by atoms with Crippen LogP contribution in [0.25, 0.3) is 11.2 Å². The maximum atomic E-state index is 12.4. The third kappa shape index (κ3) is 7.86. The number of nitrogen functional groups attached to an aromatic ring is 1. The molecule has 0 bridgehead atoms. The number of anilines is 1. The molecule has 238 valence electrons. The number of phosphoric ester groups is 2. The molecular formula is C20H33N5O15P2. The second-order valence-electron chi connectivity index (χ2n) is 9.42. The summed E-state index contributed by atoms with van der Waals surface area (Å²) in [5.74, 6) is 0.0596. The zero-order valence-corrected chi connectivity index (χ0v) is 23.7. The molecule has 2 aromatic heterocycles. The number of rotatable bonds is 15. The third-order valence-corrected chi connectivity index (χ3v) is 9.01. The van der Waals surface area contributed by atoms with E-state index >= 15 is 0 Å². The normalized spacial score (nSPS) is 32.7. The molecule has 0 spiro atoms. The predicted octanol–water partition coefficient (Wildman–Crippen LogP) is -2.10. The molecule has 0 aromatic carbocycles. The van der Waals surface area contributed by atoms with E-state index in [1.165, 1.54) is 10.9 Å². The smallest absolute Gasteiger partial charge is 0.396 e. The molecule has 20 nitrogen and oxygen atoms in total. The molecule has 10 atom stereocenters. The fourth-order valence-electron chi connectivity index (χ4n) is 4.25. The Morgan fingerprint density at radius 3 is 2.19 bits per heavy atom. The van der Waals surface area contributed by atoms with Crippen LogP contribution in [-0.2, 0) is 36.7 Å². The highest BCUT2D eigenvalue weighted by molar-refractivity contribution is 7.61. The maximum Gasteiger partial charge on any atom is 0.481 e. The monoisotopic (exact) mass is 645 g/mol. The Hall–Kier alpha value is -1.71. The van der Waals surface area contributed by atoms with Crippen molar-refractivity contribution < 1.29 is 72.0 Å². The van der Waals surface area contributed by atoms with Gasteiger partial charge >= 0.3 is 15.6 Å². The van der Waals surface area contributed by atoms with Crippen molar-refractivity contribution in [3.8, 4) is 0 Å². The number of ether oxygens (including phenoxy) is 3. The minimum absolute atomic E-state index is 0.0199. The Morgan fingerprint density at radius 2 is 1.52 bits per heavy atom. The van der Waals surface area contributed by atoms with Crippen LogP contribution in [0.2, 0.25) is 0 Å². The number of hydrogen-bond acceptors (Lipinski definition) is 17. The Bertz CT molecular complexity index is 1290. The molecule has 2 fully saturated rings. The lowest BCUT2D eigenvalue weighted by Crippen LogP contribution is -2.35. The average molecular weight is 645 g/mol. The molecule has 2 aliphatic rings. The summed E-state index contributed by atoms with van der Waals surface area (Å²) in [6.07, 6.45) is -7.45. The highest BCUT2D eigenvalue weighted by atomic mass is 31.3. The predicted molar refractivity (Wildman–Crippen MR) is 136 cm³/mol. The number of aromatic nitrogens is 4. The number of unbranched alkanes of at least 4 members (excludes halogenated alkanes) is 2. The second kappa shape index (κ2) is 13.9. The number of aliphatic hydroxyl groups excluding tert-OH is 5. The quantitative estimate of drug-likeness (QED) is 0.0760. The number of aliphatic hydroxyl groups is 5. The Labute approximate surface area is 237 Å². The number of hydrogen-bond donors (Lipinski definition) is 8. The van der Waals surface area contributed by atoms with Gasteiger partial charge in [0, 0.05) is 13.2 Å². The van der Waals surface area contributed by atoms with Gasteiger partial charge in [-0.15, -0.1) is 0 Å². The van der Waals surface area contributed by atoms with Gasteiger partial charge in [-0.2, -0.15) is 4.31 Å². The molecule has 42 heavy (non-hydrogen) atoms. The van der Waals surface area contributed by atoms with Crippen molar-refractivity contribution in [2.75, 3.05) is 32.2 Å². The summed E-state index contributed by atoms with van der Waals surface area (Å²) < 4.78 is 55.7. The summed E-state index contributed by atoms with van der Waals surface area (Å²) in [7, 11) is -10.6. The molecule has 9 N–H and O–H groups in total. The number of fused-ring (bicyclic) bond motifs is 1. The van der Waals surface area contributed by atoms with Crippen molar-refractivity contribution in [1.29, 1.82) is 0 Å². The Balaban J connectivity index is 1.26. The first kappa shape index (κ1) is 33.2. The first-order chi connectivity index (χ1) is 19.8. The van der Waals surface area contributed by atoms with Crippen LogP contribution in [0.3, 0.4) is 0 Å². The van der Waals surface area contributed by atoms with Crippen LogP contribution in [0, 0.1) is 0 Å². The minimum atomic E-state index is -5.33. The largest absolute Gasteiger partial charge is 0.481 e. The lowest BCUT2D eigenvalue weighted by molar-refractivity contribution is -0.169. The number of nitrogens with two attached hydrogens (primary N) is 1. The fourth-order valence-corrected chi connectivity index (χ4v) is 6.34. The zero-order chi connectivity index (χ0) is 30.7. The topological polar surface area (TPSA) is 301 Å². The van der Waals surface area contributed by atoms with Gasteiger partial charge in [0.15, 0.2) is 24.0 Å². The van der Waals surface area contributed by atoms with Gasteiger partial charge in [0.2, 0.25) is 0 Å². The second-order valence-corrected chi connectivity index (χ2v) is 12.5. The lowest BCUT2D eigenvalue weighted by atomic mass is 10.1. The van der Waals surface area contributed by atoms with Crippen LogP contribution in [0.1, 0.15) is 25.5 Å². The van der Waals surface area contributed by atoms with Gasteiger partial charge in [-0.3, -0.25) is 13.6 Å². The van der Waals surface area contributed by atoms with Gasteiger partial charge in [0.25, 0.3) is 0 Å². The SMILES string of the molecule is Nc1ncnc2c1ncn2[C@@H]1O[C@H](COP(=O)(O)OP(=O)(O)OC[C@H]2O[C@@H](OCCCCCO)[C@H](O)[C@@H]2O)[C@@H](O)[C@H]1O. The van der Waals surface area contributed by atoms with Crippen molar-refractivity contribution in [3.63, 3.8) is 0 Å². The molecular weight excluding hydrogens is 612 g/mol.